The number of carbonyl (C=O) groups is 2. The number of β-lactam (4-membered cyclic amide) rings is 1. The van der Waals surface area contributed by atoms with Gasteiger partial charge in [0.15, 0.2) is 6.04 Å². The van der Waals surface area contributed by atoms with Gasteiger partial charge in [0, 0.05) is 12.4 Å². The molecule has 24 heavy (non-hydrogen) atoms. The van der Waals surface area contributed by atoms with E-state index < -0.39 is 12.0 Å². The van der Waals surface area contributed by atoms with Crippen molar-refractivity contribution in [1.82, 2.24) is 4.90 Å². The van der Waals surface area contributed by atoms with Gasteiger partial charge in [-0.1, -0.05) is 0 Å². The van der Waals surface area contributed by atoms with E-state index in [0.29, 0.717) is 6.42 Å². The molecule has 1 amide bonds. The monoisotopic (exact) mass is 377 g/mol. The zero-order valence-corrected chi connectivity index (χ0v) is 15.4. The van der Waals surface area contributed by atoms with Gasteiger partial charge in [-0.25, -0.2) is 4.79 Å². The van der Waals surface area contributed by atoms with Crippen LogP contribution in [-0.2, 0) is 14.3 Å². The molecule has 136 valence electrons. The van der Waals surface area contributed by atoms with Crippen LogP contribution in [0.2, 0.25) is 0 Å². The Labute approximate surface area is 150 Å². The molecule has 4 atom stereocenters. The number of ether oxygens (including phenoxy) is 1. The Hall–Kier alpha value is -0.480. The van der Waals surface area contributed by atoms with Crippen molar-refractivity contribution in [1.29, 1.82) is 0 Å². The molecule has 3 fully saturated rings. The predicted molar refractivity (Wildman–Crippen MR) is 92.7 cm³/mol. The number of nitrogens with zero attached hydrogens (tertiary/aromatic N) is 2. The molecule has 0 aliphatic carbocycles. The summed E-state index contributed by atoms with van der Waals surface area (Å²) in [6.45, 7) is 4.50. The van der Waals surface area contributed by atoms with Crippen molar-refractivity contribution in [2.75, 3.05) is 52.3 Å². The second-order valence-electron chi connectivity index (χ2n) is 6.82. The van der Waals surface area contributed by atoms with Gasteiger partial charge in [0.2, 0.25) is 5.91 Å². The summed E-state index contributed by atoms with van der Waals surface area (Å²) in [5.74, 6) is -0.400. The number of carboxylic acids is 1. The first-order valence-electron chi connectivity index (χ1n) is 8.31. The van der Waals surface area contributed by atoms with E-state index in [9.17, 15) is 14.7 Å². The minimum atomic E-state index is -0.926. The molecule has 7 nitrogen and oxygen atoms in total. The predicted octanol–water partition coefficient (Wildman–Crippen LogP) is -0.111. The van der Waals surface area contributed by atoms with Gasteiger partial charge in [0.05, 0.1) is 42.7 Å². The number of rotatable bonds is 7. The van der Waals surface area contributed by atoms with Gasteiger partial charge in [-0.05, 0) is 6.42 Å². The number of hydrogen-bond acceptors (Lipinski definition) is 6. The number of fused-ring (bicyclic) bond motifs is 1. The van der Waals surface area contributed by atoms with Crippen molar-refractivity contribution in [3.63, 3.8) is 0 Å². The second kappa shape index (κ2) is 7.41. The number of morpholine rings is 1. The SMILES string of the molecule is C[N+]1(CCSC2SC3[C@@H](CCO)C(=O)N3C2C(=O)O)CCOCC1. The van der Waals surface area contributed by atoms with Crippen LogP contribution >= 0.6 is 23.5 Å². The molecule has 0 radical (unpaired) electrons. The first kappa shape index (κ1) is 18.3. The van der Waals surface area contributed by atoms with Crippen LogP contribution < -0.4 is 0 Å². The highest BCUT2D eigenvalue weighted by molar-refractivity contribution is 8.17. The maximum absolute atomic E-state index is 12.2. The topological polar surface area (TPSA) is 87.1 Å². The lowest BCUT2D eigenvalue weighted by molar-refractivity contribution is -0.914. The van der Waals surface area contributed by atoms with E-state index in [1.165, 1.54) is 4.90 Å². The van der Waals surface area contributed by atoms with Crippen LogP contribution in [0.1, 0.15) is 6.42 Å². The van der Waals surface area contributed by atoms with E-state index in [1.807, 2.05) is 0 Å². The molecule has 0 aromatic carbocycles. The Morgan fingerprint density at radius 1 is 1.46 bits per heavy atom. The van der Waals surface area contributed by atoms with Crippen molar-refractivity contribution < 1.29 is 29.0 Å². The van der Waals surface area contributed by atoms with Crippen LogP contribution in [-0.4, -0.2) is 99.7 Å². The Bertz CT molecular complexity index is 500. The van der Waals surface area contributed by atoms with E-state index >= 15 is 0 Å². The Morgan fingerprint density at radius 2 is 2.17 bits per heavy atom. The molecule has 3 unspecified atom stereocenters. The van der Waals surface area contributed by atoms with Crippen LogP contribution in [0.25, 0.3) is 0 Å². The highest BCUT2D eigenvalue weighted by Gasteiger charge is 2.60. The molecule has 3 aliphatic rings. The van der Waals surface area contributed by atoms with E-state index in [4.69, 9.17) is 9.84 Å². The van der Waals surface area contributed by atoms with Gasteiger partial charge in [-0.15, -0.1) is 23.5 Å². The summed E-state index contributed by atoms with van der Waals surface area (Å²) >= 11 is 3.23. The van der Waals surface area contributed by atoms with Gasteiger partial charge in [0.25, 0.3) is 0 Å². The molecule has 2 N–H and O–H groups in total. The number of carboxylic acid groups (broad SMARTS) is 1. The van der Waals surface area contributed by atoms with E-state index in [2.05, 4.69) is 7.05 Å². The van der Waals surface area contributed by atoms with Crippen LogP contribution in [0.15, 0.2) is 0 Å². The molecule has 3 heterocycles. The molecule has 0 aromatic rings. The quantitative estimate of drug-likeness (QED) is 0.473. The van der Waals surface area contributed by atoms with Gasteiger partial charge in [-0.3, -0.25) is 4.79 Å². The molecule has 3 rings (SSSR count). The molecule has 0 aromatic heterocycles. The summed E-state index contributed by atoms with van der Waals surface area (Å²) < 4.78 is 6.24. The summed E-state index contributed by atoms with van der Waals surface area (Å²) in [7, 11) is 2.22. The Morgan fingerprint density at radius 3 is 2.79 bits per heavy atom. The van der Waals surface area contributed by atoms with Gasteiger partial charge >= 0.3 is 5.97 Å². The number of thioether (sulfide) groups is 2. The van der Waals surface area contributed by atoms with E-state index in [-0.39, 0.29) is 28.4 Å². The molecule has 0 saturated carbocycles. The standard InChI is InChI=1S/C15H24N2O5S2/c1-17(3-7-22-8-4-17)5-9-23-15-11(14(20)21)16-12(19)10(2-6-18)13(16)24-15/h10-11,13,15,18H,2-9H2,1H3/p+1/t10-,11?,13?,15?/m0/s1. The minimum Gasteiger partial charge on any atom is -0.480 e. The van der Waals surface area contributed by atoms with Crippen molar-refractivity contribution in [3.05, 3.63) is 0 Å². The molecule has 3 aliphatic heterocycles. The third-order valence-electron chi connectivity index (χ3n) is 5.18. The lowest BCUT2D eigenvalue weighted by Gasteiger charge is -2.43. The number of amides is 1. The Kier molecular flexibility index (Phi) is 5.65. The molecule has 0 spiro atoms. The fraction of sp³-hybridized carbons (Fsp3) is 0.867. The van der Waals surface area contributed by atoms with Crippen LogP contribution in [0.5, 0.6) is 0 Å². The molecular weight excluding hydrogens is 352 g/mol. The fourth-order valence-electron chi connectivity index (χ4n) is 3.52. The number of aliphatic hydroxyl groups is 1. The number of hydrogen-bond donors (Lipinski definition) is 2. The maximum atomic E-state index is 12.2. The molecular formula is C15H25N2O5S2+. The van der Waals surface area contributed by atoms with Crippen molar-refractivity contribution in [3.8, 4) is 0 Å². The molecule has 0 bridgehead atoms. The maximum Gasteiger partial charge on any atom is 0.328 e. The first-order valence-corrected chi connectivity index (χ1v) is 10.3. The number of carbonyl (C=O) groups excluding carboxylic acids is 1. The lowest BCUT2D eigenvalue weighted by atomic mass is 9.93. The number of aliphatic carboxylic acids is 1. The first-order chi connectivity index (χ1) is 11.5. The molecule has 9 heteroatoms. The van der Waals surface area contributed by atoms with Crippen molar-refractivity contribution >= 4 is 35.4 Å². The average Bonchev–Trinajstić information content (AvgIpc) is 2.88. The summed E-state index contributed by atoms with van der Waals surface area (Å²) in [4.78, 5) is 25.3. The van der Waals surface area contributed by atoms with Crippen molar-refractivity contribution in [2.45, 2.75) is 22.4 Å². The normalized spacial score (nSPS) is 34.8. The molecule has 3 saturated heterocycles. The van der Waals surface area contributed by atoms with E-state index in [1.54, 1.807) is 23.5 Å². The number of quaternary nitrogens is 1. The van der Waals surface area contributed by atoms with Crippen LogP contribution in [0.4, 0.5) is 0 Å². The zero-order valence-electron chi connectivity index (χ0n) is 13.8. The number of likely N-dealkylation sites (N-methyl/N-ethyl adjacent to an activating group) is 1. The summed E-state index contributed by atoms with van der Waals surface area (Å²) in [6.07, 6.45) is 0.422. The lowest BCUT2D eigenvalue weighted by Crippen LogP contribution is -2.61. The van der Waals surface area contributed by atoms with Gasteiger partial charge in [-0.2, -0.15) is 0 Å². The zero-order chi connectivity index (χ0) is 17.3. The fourth-order valence-corrected chi connectivity index (χ4v) is 7.15. The van der Waals surface area contributed by atoms with E-state index in [0.717, 1.165) is 43.1 Å². The third-order valence-corrected chi connectivity index (χ3v) is 8.29. The largest absolute Gasteiger partial charge is 0.480 e. The van der Waals surface area contributed by atoms with Crippen LogP contribution in [0, 0.1) is 5.92 Å². The average molecular weight is 378 g/mol. The highest BCUT2D eigenvalue weighted by atomic mass is 32.2. The minimum absolute atomic E-state index is 0.0330. The highest BCUT2D eigenvalue weighted by Crippen LogP contribution is 2.51. The van der Waals surface area contributed by atoms with Gasteiger partial charge in [0.1, 0.15) is 13.1 Å². The van der Waals surface area contributed by atoms with Crippen LogP contribution in [0.3, 0.4) is 0 Å². The van der Waals surface area contributed by atoms with Gasteiger partial charge < -0.3 is 24.3 Å². The Balaban J connectivity index is 1.56. The van der Waals surface area contributed by atoms with Crippen molar-refractivity contribution in [2.24, 2.45) is 5.92 Å². The number of aliphatic hydroxyl groups excluding tert-OH is 1. The second-order valence-corrected chi connectivity index (χ2v) is 9.63. The summed E-state index contributed by atoms with van der Waals surface area (Å²) in [6, 6.07) is -0.748. The third kappa shape index (κ3) is 3.41. The summed E-state index contributed by atoms with van der Waals surface area (Å²) in [5, 5.41) is 18.5. The summed E-state index contributed by atoms with van der Waals surface area (Å²) in [5.41, 5.74) is 0. The smallest absolute Gasteiger partial charge is 0.328 e.